The van der Waals surface area contributed by atoms with Gasteiger partial charge in [-0.25, -0.2) is 0 Å². The summed E-state index contributed by atoms with van der Waals surface area (Å²) in [5.41, 5.74) is 0.931. The molecule has 0 radical (unpaired) electrons. The molecule has 6 heteroatoms. The summed E-state index contributed by atoms with van der Waals surface area (Å²) in [6.07, 6.45) is 5.98. The van der Waals surface area contributed by atoms with Crippen LogP contribution < -0.4 is 4.74 Å². The number of nitrogens with zero attached hydrogens (tertiary/aromatic N) is 2. The summed E-state index contributed by atoms with van der Waals surface area (Å²) in [5, 5.41) is 0.665. The molecule has 0 unspecified atom stereocenters. The third-order valence-corrected chi connectivity index (χ3v) is 7.16. The molecule has 4 atom stereocenters. The molecule has 3 aliphatic rings. The van der Waals surface area contributed by atoms with Crippen LogP contribution in [0.4, 0.5) is 0 Å². The van der Waals surface area contributed by atoms with E-state index in [4.69, 9.17) is 16.3 Å². The molecule has 3 aliphatic heterocycles. The van der Waals surface area contributed by atoms with Gasteiger partial charge < -0.3 is 14.5 Å². The van der Waals surface area contributed by atoms with Crippen molar-refractivity contribution in [2.45, 2.75) is 64.5 Å². The molecule has 1 aromatic carbocycles. The summed E-state index contributed by atoms with van der Waals surface area (Å²) in [6.45, 7) is 5.64. The van der Waals surface area contributed by atoms with E-state index in [9.17, 15) is 9.59 Å². The van der Waals surface area contributed by atoms with Gasteiger partial charge >= 0.3 is 0 Å². The number of carbonyl (C=O) groups excluding carboxylic acids is 2. The van der Waals surface area contributed by atoms with Crippen LogP contribution in [0.3, 0.4) is 0 Å². The molecule has 0 aromatic heterocycles. The van der Waals surface area contributed by atoms with Gasteiger partial charge in [0.05, 0.1) is 0 Å². The lowest BCUT2D eigenvalue weighted by molar-refractivity contribution is -0.157. The average Bonchev–Trinajstić information content (AvgIpc) is 2.70. The van der Waals surface area contributed by atoms with Crippen LogP contribution in [-0.4, -0.2) is 53.4 Å². The highest BCUT2D eigenvalue weighted by Crippen LogP contribution is 2.42. The summed E-state index contributed by atoms with van der Waals surface area (Å²) in [4.78, 5) is 29.9. The zero-order valence-corrected chi connectivity index (χ0v) is 18.2. The number of hydrogen-bond acceptors (Lipinski definition) is 3. The van der Waals surface area contributed by atoms with Gasteiger partial charge in [0.25, 0.3) is 5.91 Å². The van der Waals surface area contributed by atoms with E-state index in [1.807, 2.05) is 24.0 Å². The number of likely N-dealkylation sites (tertiary alicyclic amines) is 1. The number of aryl methyl sites for hydroxylation is 1. The summed E-state index contributed by atoms with van der Waals surface area (Å²) >= 11 is 6.00. The van der Waals surface area contributed by atoms with Gasteiger partial charge in [-0.2, -0.15) is 0 Å². The molecular weight excluding hydrogens is 388 g/mol. The Morgan fingerprint density at radius 1 is 1.28 bits per heavy atom. The van der Waals surface area contributed by atoms with Gasteiger partial charge in [-0.3, -0.25) is 9.59 Å². The molecule has 2 amide bonds. The van der Waals surface area contributed by atoms with Crippen molar-refractivity contribution in [1.29, 1.82) is 0 Å². The molecule has 3 fully saturated rings. The first-order valence-corrected chi connectivity index (χ1v) is 11.3. The topological polar surface area (TPSA) is 49.9 Å². The normalized spacial score (nSPS) is 28.9. The molecule has 3 heterocycles. The molecule has 4 rings (SSSR count). The fourth-order valence-corrected chi connectivity index (χ4v) is 5.88. The van der Waals surface area contributed by atoms with Crippen LogP contribution in [0.2, 0.25) is 5.02 Å². The van der Waals surface area contributed by atoms with Crippen LogP contribution in [0.25, 0.3) is 0 Å². The molecule has 3 saturated heterocycles. The Bertz CT molecular complexity index is 783. The van der Waals surface area contributed by atoms with Gasteiger partial charge in [0.2, 0.25) is 5.91 Å². The molecule has 5 nitrogen and oxygen atoms in total. The van der Waals surface area contributed by atoms with E-state index in [2.05, 4.69) is 11.8 Å². The molecular formula is C23H31ClN2O3. The molecule has 2 bridgehead atoms. The molecule has 1 aromatic rings. The fraction of sp³-hybridized carbons (Fsp3) is 0.652. The summed E-state index contributed by atoms with van der Waals surface area (Å²) in [6, 6.07) is 6.03. The Hall–Kier alpha value is -1.75. The van der Waals surface area contributed by atoms with E-state index in [1.54, 1.807) is 6.07 Å². The van der Waals surface area contributed by atoms with Crippen molar-refractivity contribution >= 4 is 23.4 Å². The lowest BCUT2D eigenvalue weighted by Crippen LogP contribution is -2.65. The number of carbonyl (C=O) groups is 2. The van der Waals surface area contributed by atoms with E-state index in [-0.39, 0.29) is 18.6 Å². The Morgan fingerprint density at radius 2 is 2.07 bits per heavy atom. The second-order valence-corrected chi connectivity index (χ2v) is 9.31. The Morgan fingerprint density at radius 3 is 2.83 bits per heavy atom. The summed E-state index contributed by atoms with van der Waals surface area (Å²) in [5.74, 6) is 1.85. The van der Waals surface area contributed by atoms with Gasteiger partial charge in [0, 0.05) is 36.6 Å². The van der Waals surface area contributed by atoms with Crippen molar-refractivity contribution in [3.8, 4) is 5.75 Å². The molecule has 0 aliphatic carbocycles. The van der Waals surface area contributed by atoms with Gasteiger partial charge in [-0.15, -0.1) is 0 Å². The zero-order valence-electron chi connectivity index (χ0n) is 17.4. The quantitative estimate of drug-likeness (QED) is 0.724. The van der Waals surface area contributed by atoms with E-state index in [0.29, 0.717) is 41.0 Å². The largest absolute Gasteiger partial charge is 0.483 e. The van der Waals surface area contributed by atoms with Crippen molar-refractivity contribution in [3.63, 3.8) is 0 Å². The van der Waals surface area contributed by atoms with E-state index in [1.165, 1.54) is 0 Å². The highest BCUT2D eigenvalue weighted by Gasteiger charge is 2.49. The van der Waals surface area contributed by atoms with E-state index < -0.39 is 0 Å². The van der Waals surface area contributed by atoms with Crippen LogP contribution in [0.1, 0.15) is 51.0 Å². The number of halogens is 1. The minimum Gasteiger partial charge on any atom is -0.483 e. The Balaban J connectivity index is 1.45. The van der Waals surface area contributed by atoms with Crippen molar-refractivity contribution < 1.29 is 14.3 Å². The second-order valence-electron chi connectivity index (χ2n) is 8.87. The summed E-state index contributed by atoms with van der Waals surface area (Å²) in [7, 11) is 0. The predicted molar refractivity (Wildman–Crippen MR) is 113 cm³/mol. The Labute approximate surface area is 178 Å². The van der Waals surface area contributed by atoms with Gasteiger partial charge in [0.15, 0.2) is 6.61 Å². The second kappa shape index (κ2) is 8.55. The third kappa shape index (κ3) is 4.11. The maximum Gasteiger partial charge on any atom is 0.260 e. The van der Waals surface area contributed by atoms with Crippen LogP contribution in [0.5, 0.6) is 5.75 Å². The number of amides is 2. The number of piperidine rings is 3. The minimum absolute atomic E-state index is 0.0416. The molecule has 0 spiro atoms. The number of hydrogen-bond donors (Lipinski definition) is 0. The van der Waals surface area contributed by atoms with Crippen LogP contribution in [0.15, 0.2) is 18.2 Å². The number of ether oxygens (including phenoxy) is 1. The fourth-order valence-electron chi connectivity index (χ4n) is 5.65. The molecule has 29 heavy (non-hydrogen) atoms. The minimum atomic E-state index is 0.0416. The maximum absolute atomic E-state index is 13.0. The van der Waals surface area contributed by atoms with E-state index in [0.717, 1.165) is 50.8 Å². The predicted octanol–water partition coefficient (Wildman–Crippen LogP) is 4.06. The molecule has 0 N–H and O–H groups in total. The van der Waals surface area contributed by atoms with Crippen LogP contribution >= 0.6 is 11.6 Å². The van der Waals surface area contributed by atoms with E-state index >= 15 is 0 Å². The standard InChI is InChI=1S/C23H31ClN2O3/c1-3-5-19-16-11-17(20-6-4-7-22(27)26(19)20)13-25(12-16)23(28)14-29-21-9-8-18(24)10-15(21)2/h8-10,16-17,19-20H,3-7,11-14H2,1-2H3/t16-,17+,19-,20-/m0/s1. The van der Waals surface area contributed by atoms with Crippen molar-refractivity contribution in [3.05, 3.63) is 28.8 Å². The lowest BCUT2D eigenvalue weighted by atomic mass is 9.71. The number of rotatable bonds is 5. The maximum atomic E-state index is 13.0. The van der Waals surface area contributed by atoms with Gasteiger partial charge in [-0.1, -0.05) is 24.9 Å². The highest BCUT2D eigenvalue weighted by atomic mass is 35.5. The SMILES string of the molecule is CCC[C@H]1[C@H]2C[C@H](CN(C(=O)COc3ccc(Cl)cc3C)C2)[C@@H]2CCCC(=O)N21. The number of benzene rings is 1. The summed E-state index contributed by atoms with van der Waals surface area (Å²) < 4.78 is 5.81. The average molecular weight is 419 g/mol. The van der Waals surface area contributed by atoms with Crippen molar-refractivity contribution in [2.75, 3.05) is 19.7 Å². The van der Waals surface area contributed by atoms with Crippen LogP contribution in [-0.2, 0) is 9.59 Å². The zero-order chi connectivity index (χ0) is 20.5. The van der Waals surface area contributed by atoms with Crippen LogP contribution in [0, 0.1) is 18.8 Å². The number of fused-ring (bicyclic) bond motifs is 4. The van der Waals surface area contributed by atoms with Gasteiger partial charge in [0.1, 0.15) is 5.75 Å². The monoisotopic (exact) mass is 418 g/mol. The van der Waals surface area contributed by atoms with Gasteiger partial charge in [-0.05, 0) is 68.2 Å². The third-order valence-electron chi connectivity index (χ3n) is 6.92. The Kier molecular flexibility index (Phi) is 6.05. The highest BCUT2D eigenvalue weighted by molar-refractivity contribution is 6.30. The first kappa shape index (κ1) is 20.5. The first-order valence-electron chi connectivity index (χ1n) is 11.0. The first-order chi connectivity index (χ1) is 14.0. The van der Waals surface area contributed by atoms with Crippen molar-refractivity contribution in [2.24, 2.45) is 11.8 Å². The molecule has 0 saturated carbocycles. The molecule has 158 valence electrons. The van der Waals surface area contributed by atoms with Crippen molar-refractivity contribution in [1.82, 2.24) is 9.80 Å². The lowest BCUT2D eigenvalue weighted by Gasteiger charge is -2.56. The smallest absolute Gasteiger partial charge is 0.260 e.